The maximum Gasteiger partial charge on any atom is 0.424 e. The topological polar surface area (TPSA) is 111 Å². The Balaban J connectivity index is 1.90. The van der Waals surface area contributed by atoms with Crippen molar-refractivity contribution in [2.24, 2.45) is 0 Å². The lowest BCUT2D eigenvalue weighted by Gasteiger charge is -2.26. The van der Waals surface area contributed by atoms with Crippen LogP contribution in [0.25, 0.3) is 5.76 Å². The first-order chi connectivity index (χ1) is 16.9. The molecule has 0 aliphatic carbocycles. The molecule has 182 valence electrons. The Labute approximate surface area is 202 Å². The Bertz CT molecular complexity index is 1230. The van der Waals surface area contributed by atoms with Gasteiger partial charge in [-0.1, -0.05) is 6.07 Å². The summed E-state index contributed by atoms with van der Waals surface area (Å²) in [6.45, 7) is 3.13. The maximum atomic E-state index is 12.9. The molecule has 0 unspecified atom stereocenters. The Morgan fingerprint density at radius 2 is 1.77 bits per heavy atom. The van der Waals surface area contributed by atoms with E-state index in [1.165, 1.54) is 0 Å². The summed E-state index contributed by atoms with van der Waals surface area (Å²) < 4.78 is 27.5. The number of hydrogen-bond donors (Lipinski definition) is 0. The number of carbonyl (C=O) groups is 2. The van der Waals surface area contributed by atoms with Crippen LogP contribution < -0.4 is 24.0 Å². The average molecular weight is 479 g/mol. The molecular weight excluding hydrogens is 454 g/mol. The number of nitrogens with zero attached hydrogens (tertiary/aromatic N) is 3. The van der Waals surface area contributed by atoms with E-state index in [1.54, 1.807) is 19.9 Å². The van der Waals surface area contributed by atoms with Crippen LogP contribution in [-0.4, -0.2) is 46.3 Å². The molecule has 2 amide bonds. The van der Waals surface area contributed by atoms with E-state index in [9.17, 15) is 14.9 Å². The summed E-state index contributed by atoms with van der Waals surface area (Å²) in [6, 6.07) is 9.48. The predicted molar refractivity (Wildman–Crippen MR) is 127 cm³/mol. The molecular formula is C25H25N3O7. The highest BCUT2D eigenvalue weighted by Gasteiger charge is 2.37. The number of hydrogen-bond acceptors (Lipinski definition) is 9. The summed E-state index contributed by atoms with van der Waals surface area (Å²) in [5.41, 5.74) is 2.05. The van der Waals surface area contributed by atoms with Gasteiger partial charge in [-0.2, -0.15) is 10.2 Å². The Morgan fingerprint density at radius 1 is 1.06 bits per heavy atom. The molecule has 0 radical (unpaired) electrons. The van der Waals surface area contributed by atoms with E-state index in [4.69, 9.17) is 23.7 Å². The highest BCUT2D eigenvalue weighted by Crippen LogP contribution is 2.47. The molecule has 0 spiro atoms. The van der Waals surface area contributed by atoms with Gasteiger partial charge in [-0.25, -0.2) is 9.59 Å². The van der Waals surface area contributed by atoms with E-state index >= 15 is 0 Å². The van der Waals surface area contributed by atoms with Crippen molar-refractivity contribution in [1.29, 1.82) is 5.26 Å². The van der Waals surface area contributed by atoms with E-state index in [-0.39, 0.29) is 42.6 Å². The second kappa shape index (κ2) is 9.85. The minimum absolute atomic E-state index is 0.0103. The summed E-state index contributed by atoms with van der Waals surface area (Å²) in [5, 5.41) is 10.1. The highest BCUT2D eigenvalue weighted by atomic mass is 16.7. The van der Waals surface area contributed by atoms with Crippen molar-refractivity contribution >= 4 is 29.3 Å². The number of carbonyl (C=O) groups excluding carboxylic acids is 2. The molecule has 2 aliphatic rings. The number of nitriles is 1. The van der Waals surface area contributed by atoms with Crippen molar-refractivity contribution in [1.82, 2.24) is 0 Å². The largest absolute Gasteiger partial charge is 0.457 e. The number of benzene rings is 2. The fourth-order valence-corrected chi connectivity index (χ4v) is 3.80. The van der Waals surface area contributed by atoms with Gasteiger partial charge in [-0.3, -0.25) is 0 Å². The number of fused-ring (bicyclic) bond motifs is 2. The molecule has 0 saturated carbocycles. The molecule has 0 N–H and O–H groups in total. The number of anilines is 2. The molecule has 10 heteroatoms. The summed E-state index contributed by atoms with van der Waals surface area (Å²) in [5.74, 6) is 1.38. The van der Waals surface area contributed by atoms with Crippen molar-refractivity contribution in [2.75, 3.05) is 43.9 Å². The fraction of sp³-hybridized carbons (Fsp3) is 0.320. The maximum absolute atomic E-state index is 12.9. The van der Waals surface area contributed by atoms with Crippen molar-refractivity contribution in [3.8, 4) is 23.3 Å². The van der Waals surface area contributed by atoms with Crippen molar-refractivity contribution in [3.05, 3.63) is 47.0 Å². The molecule has 2 aromatic rings. The lowest BCUT2D eigenvalue weighted by molar-refractivity contribution is 0.140. The second-order valence-corrected chi connectivity index (χ2v) is 7.79. The molecule has 2 aromatic carbocycles. The minimum atomic E-state index is -0.991. The van der Waals surface area contributed by atoms with Crippen LogP contribution in [0.1, 0.15) is 30.5 Å². The highest BCUT2D eigenvalue weighted by molar-refractivity contribution is 6.12. The van der Waals surface area contributed by atoms with Gasteiger partial charge in [0.15, 0.2) is 11.5 Å². The van der Waals surface area contributed by atoms with Crippen molar-refractivity contribution in [3.63, 3.8) is 0 Å². The molecule has 0 aromatic heterocycles. The summed E-state index contributed by atoms with van der Waals surface area (Å²) >= 11 is 0. The van der Waals surface area contributed by atoms with E-state index in [0.29, 0.717) is 28.6 Å². The van der Waals surface area contributed by atoms with Crippen LogP contribution in [0.3, 0.4) is 0 Å². The van der Waals surface area contributed by atoms with Crippen molar-refractivity contribution < 1.29 is 33.3 Å². The molecule has 0 saturated heterocycles. The summed E-state index contributed by atoms with van der Waals surface area (Å²) in [6.07, 6.45) is 0.366. The Morgan fingerprint density at radius 3 is 2.40 bits per heavy atom. The lowest BCUT2D eigenvalue weighted by atomic mass is 9.99. The van der Waals surface area contributed by atoms with Gasteiger partial charge in [0.25, 0.3) is 0 Å². The van der Waals surface area contributed by atoms with Crippen LogP contribution in [0.2, 0.25) is 0 Å². The van der Waals surface area contributed by atoms with Crippen LogP contribution in [0.4, 0.5) is 21.0 Å². The summed E-state index contributed by atoms with van der Waals surface area (Å²) in [7, 11) is 3.85. The number of ether oxygens (including phenoxy) is 5. The molecule has 10 nitrogen and oxygen atoms in total. The first-order valence-electron chi connectivity index (χ1n) is 11.1. The first kappa shape index (κ1) is 23.8. The third-order valence-corrected chi connectivity index (χ3v) is 5.43. The van der Waals surface area contributed by atoms with E-state index < -0.39 is 12.2 Å². The van der Waals surface area contributed by atoms with Gasteiger partial charge in [-0.15, -0.1) is 0 Å². The lowest BCUT2D eigenvalue weighted by Crippen LogP contribution is -2.39. The number of rotatable bonds is 5. The third-order valence-electron chi connectivity index (χ3n) is 5.43. The van der Waals surface area contributed by atoms with Gasteiger partial charge in [0.05, 0.1) is 18.9 Å². The van der Waals surface area contributed by atoms with Gasteiger partial charge in [0.2, 0.25) is 6.79 Å². The normalized spacial score (nSPS) is 13.1. The second-order valence-electron chi connectivity index (χ2n) is 7.79. The van der Waals surface area contributed by atoms with Crippen LogP contribution in [0.5, 0.6) is 17.2 Å². The molecule has 35 heavy (non-hydrogen) atoms. The predicted octanol–water partition coefficient (Wildman–Crippen LogP) is 4.45. The quantitative estimate of drug-likeness (QED) is 0.614. The molecule has 0 fully saturated rings. The smallest absolute Gasteiger partial charge is 0.424 e. The van der Waals surface area contributed by atoms with Gasteiger partial charge in [-0.05, 0) is 44.0 Å². The van der Waals surface area contributed by atoms with E-state index in [2.05, 4.69) is 0 Å². The monoisotopic (exact) mass is 479 g/mol. The minimum Gasteiger partial charge on any atom is -0.457 e. The molecule has 2 aliphatic heterocycles. The van der Waals surface area contributed by atoms with E-state index in [0.717, 1.165) is 11.3 Å². The van der Waals surface area contributed by atoms with Crippen LogP contribution in [0.15, 0.2) is 30.3 Å². The SMILES string of the molecule is CCOC(=O)N(C(=O)OCC)c1c(C2=CCc3ccc(N(C)C)cc3O2)cc2c(c1C#N)OCO2. The molecule has 0 bridgehead atoms. The van der Waals surface area contributed by atoms with Gasteiger partial charge in [0.1, 0.15) is 23.1 Å². The van der Waals surface area contributed by atoms with Gasteiger partial charge < -0.3 is 28.6 Å². The molecule has 2 heterocycles. The van der Waals surface area contributed by atoms with Crippen LogP contribution >= 0.6 is 0 Å². The van der Waals surface area contributed by atoms with Crippen LogP contribution in [-0.2, 0) is 15.9 Å². The van der Waals surface area contributed by atoms with Crippen molar-refractivity contribution in [2.45, 2.75) is 20.3 Å². The Kier molecular flexibility index (Phi) is 6.68. The molecule has 0 atom stereocenters. The fourth-order valence-electron chi connectivity index (χ4n) is 3.80. The summed E-state index contributed by atoms with van der Waals surface area (Å²) in [4.78, 5) is 28.5. The molecule has 4 rings (SSSR count). The van der Waals surface area contributed by atoms with Gasteiger partial charge in [0, 0.05) is 31.4 Å². The standard InChI is InChI=1S/C25H25N3O7/c1-5-31-24(29)28(25(30)32-6-2)22-17(12-21-23(18(22)13-26)34-14-33-21)19-10-8-15-7-9-16(27(3)4)11-20(15)35-19/h7,9-12H,5-6,8,14H2,1-4H3. The van der Waals surface area contributed by atoms with Crippen LogP contribution in [0, 0.1) is 11.3 Å². The third kappa shape index (κ3) is 4.40. The van der Waals surface area contributed by atoms with E-state index in [1.807, 2.05) is 49.3 Å². The number of imide groups is 1. The number of allylic oxidation sites excluding steroid dienone is 1. The number of amides is 2. The zero-order chi connectivity index (χ0) is 25.1. The Hall–Kier alpha value is -4.39. The first-order valence-corrected chi connectivity index (χ1v) is 11.1. The van der Waals surface area contributed by atoms with Gasteiger partial charge >= 0.3 is 12.2 Å². The zero-order valence-corrected chi connectivity index (χ0v) is 19.9. The zero-order valence-electron chi connectivity index (χ0n) is 19.9. The average Bonchev–Trinajstić information content (AvgIpc) is 3.31.